The van der Waals surface area contributed by atoms with Gasteiger partial charge in [-0.1, -0.05) is 61.0 Å². The fraction of sp³-hybridized carbons (Fsp3) is 0.176. The Morgan fingerprint density at radius 1 is 0.941 bits per heavy atom. The van der Waals surface area contributed by atoms with E-state index in [0.717, 1.165) is 11.8 Å². The largest absolute Gasteiger partial charge is 0.0761 e. The molecule has 0 bridgehead atoms. The van der Waals surface area contributed by atoms with E-state index in [1.165, 1.54) is 21.9 Å². The van der Waals surface area contributed by atoms with E-state index in [4.69, 9.17) is 0 Å². The summed E-state index contributed by atoms with van der Waals surface area (Å²) >= 11 is 0. The lowest BCUT2D eigenvalue weighted by molar-refractivity contribution is 0.901. The fourth-order valence-electron chi connectivity index (χ4n) is 3.03. The zero-order valence-electron chi connectivity index (χ0n) is 9.85. The van der Waals surface area contributed by atoms with Gasteiger partial charge < -0.3 is 0 Å². The Morgan fingerprint density at radius 3 is 2.53 bits per heavy atom. The fourth-order valence-corrected chi connectivity index (χ4v) is 3.03. The monoisotopic (exact) mass is 218 g/mol. The molecule has 1 saturated carbocycles. The molecule has 0 radical (unpaired) electrons. The highest BCUT2D eigenvalue weighted by Crippen LogP contribution is 2.55. The number of allylic oxidation sites excluding steroid dienone is 4. The van der Waals surface area contributed by atoms with Gasteiger partial charge in [-0.15, -0.1) is 0 Å². The van der Waals surface area contributed by atoms with Gasteiger partial charge >= 0.3 is 0 Å². The average molecular weight is 218 g/mol. The molecule has 0 heterocycles. The molecule has 1 fully saturated rings. The van der Waals surface area contributed by atoms with E-state index < -0.39 is 0 Å². The maximum absolute atomic E-state index is 2.35. The summed E-state index contributed by atoms with van der Waals surface area (Å²) < 4.78 is 0. The van der Waals surface area contributed by atoms with Crippen LogP contribution < -0.4 is 0 Å². The first-order valence-electron chi connectivity index (χ1n) is 6.26. The van der Waals surface area contributed by atoms with Crippen LogP contribution in [-0.2, 0) is 0 Å². The van der Waals surface area contributed by atoms with Crippen molar-refractivity contribution in [2.75, 3.05) is 0 Å². The zero-order valence-corrected chi connectivity index (χ0v) is 9.85. The van der Waals surface area contributed by atoms with Gasteiger partial charge in [0.15, 0.2) is 0 Å². The van der Waals surface area contributed by atoms with Crippen LogP contribution in [0, 0.1) is 11.8 Å². The van der Waals surface area contributed by atoms with Gasteiger partial charge in [0.05, 0.1) is 0 Å². The van der Waals surface area contributed by atoms with Crippen molar-refractivity contribution in [1.82, 2.24) is 0 Å². The van der Waals surface area contributed by atoms with E-state index >= 15 is 0 Å². The molecule has 2 aliphatic carbocycles. The second kappa shape index (κ2) is 3.10. The second-order valence-electron chi connectivity index (χ2n) is 5.10. The molecule has 2 aromatic carbocycles. The third-order valence-corrected chi connectivity index (χ3v) is 4.12. The van der Waals surface area contributed by atoms with E-state index in [1.54, 1.807) is 5.57 Å². The van der Waals surface area contributed by atoms with E-state index in [9.17, 15) is 0 Å². The molecule has 0 amide bonds. The van der Waals surface area contributed by atoms with Crippen molar-refractivity contribution >= 4 is 16.3 Å². The molecule has 4 rings (SSSR count). The van der Waals surface area contributed by atoms with Crippen molar-refractivity contribution in [2.24, 2.45) is 11.8 Å². The highest BCUT2D eigenvalue weighted by Gasteiger charge is 2.43. The summed E-state index contributed by atoms with van der Waals surface area (Å²) in [7, 11) is 0. The van der Waals surface area contributed by atoms with Crippen LogP contribution in [0.1, 0.15) is 12.5 Å². The van der Waals surface area contributed by atoms with E-state index in [1.807, 2.05) is 0 Å². The lowest BCUT2D eigenvalue weighted by atomic mass is 10.0. The van der Waals surface area contributed by atoms with Crippen LogP contribution in [0.3, 0.4) is 0 Å². The zero-order chi connectivity index (χ0) is 11.4. The highest BCUT2D eigenvalue weighted by molar-refractivity contribution is 5.91. The number of benzene rings is 2. The van der Waals surface area contributed by atoms with Crippen LogP contribution in [0.4, 0.5) is 0 Å². The summed E-state index contributed by atoms with van der Waals surface area (Å²) in [5.74, 6) is 1.53. The molecule has 17 heavy (non-hydrogen) atoms. The number of fused-ring (bicyclic) bond motifs is 2. The standard InChI is InChI=1S/C17H14/c1-11-15-8-9-16(17(11)15)14-7-6-12-4-2-3-5-13(12)10-14/h2-11,15H,1H3. The third kappa shape index (κ3) is 1.24. The van der Waals surface area contributed by atoms with Crippen LogP contribution in [0.2, 0.25) is 0 Å². The van der Waals surface area contributed by atoms with Crippen LogP contribution in [0.5, 0.6) is 0 Å². The molecule has 0 nitrogen and oxygen atoms in total. The molecule has 0 saturated heterocycles. The number of hydrogen-bond donors (Lipinski definition) is 0. The Kier molecular flexibility index (Phi) is 1.69. The van der Waals surface area contributed by atoms with Gasteiger partial charge in [-0.2, -0.15) is 0 Å². The van der Waals surface area contributed by atoms with Gasteiger partial charge in [0.1, 0.15) is 0 Å². The van der Waals surface area contributed by atoms with Crippen molar-refractivity contribution < 1.29 is 0 Å². The van der Waals surface area contributed by atoms with Gasteiger partial charge in [-0.25, -0.2) is 0 Å². The maximum Gasteiger partial charge on any atom is 0.00557 e. The van der Waals surface area contributed by atoms with Crippen LogP contribution in [0.25, 0.3) is 16.3 Å². The van der Waals surface area contributed by atoms with Gasteiger partial charge in [0.2, 0.25) is 0 Å². The normalized spacial score (nSPS) is 25.5. The van der Waals surface area contributed by atoms with Gasteiger partial charge in [0, 0.05) is 5.92 Å². The SMILES string of the molecule is CC1C2=C(c3ccc4ccccc4c3)C=CC21. The van der Waals surface area contributed by atoms with Gasteiger partial charge in [-0.05, 0) is 33.9 Å². The third-order valence-electron chi connectivity index (χ3n) is 4.12. The Morgan fingerprint density at radius 2 is 1.76 bits per heavy atom. The second-order valence-corrected chi connectivity index (χ2v) is 5.10. The first kappa shape index (κ1) is 9.23. The lowest BCUT2D eigenvalue weighted by Gasteiger charge is -2.04. The highest BCUT2D eigenvalue weighted by atomic mass is 14.5. The minimum Gasteiger partial charge on any atom is -0.0761 e. The Bertz CT molecular complexity index is 673. The molecular weight excluding hydrogens is 204 g/mol. The van der Waals surface area contributed by atoms with Gasteiger partial charge in [-0.3, -0.25) is 0 Å². The minimum atomic E-state index is 0.747. The van der Waals surface area contributed by atoms with Crippen LogP contribution >= 0.6 is 0 Å². The lowest BCUT2D eigenvalue weighted by Crippen LogP contribution is -1.82. The first-order chi connectivity index (χ1) is 8.34. The molecule has 0 heteroatoms. The Balaban J connectivity index is 1.90. The Labute approximate surface area is 101 Å². The van der Waals surface area contributed by atoms with E-state index in [0.29, 0.717) is 0 Å². The summed E-state index contributed by atoms with van der Waals surface area (Å²) in [6, 6.07) is 15.4. The van der Waals surface area contributed by atoms with Crippen molar-refractivity contribution in [1.29, 1.82) is 0 Å². The predicted octanol–water partition coefficient (Wildman–Crippen LogP) is 4.43. The molecule has 0 aromatic heterocycles. The Hall–Kier alpha value is -1.82. The number of hydrogen-bond acceptors (Lipinski definition) is 0. The quantitative estimate of drug-likeness (QED) is 0.664. The van der Waals surface area contributed by atoms with E-state index in [2.05, 4.69) is 61.5 Å². The minimum absolute atomic E-state index is 0.747. The van der Waals surface area contributed by atoms with Crippen molar-refractivity contribution in [3.8, 4) is 0 Å². The molecule has 2 aromatic rings. The maximum atomic E-state index is 2.35. The topological polar surface area (TPSA) is 0 Å². The molecule has 2 unspecified atom stereocenters. The summed E-state index contributed by atoms with van der Waals surface area (Å²) in [6.45, 7) is 2.32. The smallest absolute Gasteiger partial charge is 0.00557 e. The molecule has 0 N–H and O–H groups in total. The molecule has 2 atom stereocenters. The van der Waals surface area contributed by atoms with E-state index in [-0.39, 0.29) is 0 Å². The summed E-state index contributed by atoms with van der Waals surface area (Å²) in [4.78, 5) is 0. The molecule has 0 aliphatic heterocycles. The van der Waals surface area contributed by atoms with Gasteiger partial charge in [0.25, 0.3) is 0 Å². The average Bonchev–Trinajstić information content (AvgIpc) is 2.84. The predicted molar refractivity (Wildman–Crippen MR) is 72.7 cm³/mol. The molecule has 82 valence electrons. The molecular formula is C17H14. The van der Waals surface area contributed by atoms with Crippen LogP contribution in [0.15, 0.2) is 60.2 Å². The summed E-state index contributed by atoms with van der Waals surface area (Å²) in [5.41, 5.74) is 4.48. The van der Waals surface area contributed by atoms with Crippen molar-refractivity contribution in [2.45, 2.75) is 6.92 Å². The van der Waals surface area contributed by atoms with Crippen LogP contribution in [-0.4, -0.2) is 0 Å². The summed E-state index contributed by atoms with van der Waals surface area (Å²) in [5, 5.41) is 2.66. The van der Waals surface area contributed by atoms with Crippen molar-refractivity contribution in [3.63, 3.8) is 0 Å². The summed E-state index contributed by atoms with van der Waals surface area (Å²) in [6.07, 6.45) is 4.65. The first-order valence-corrected chi connectivity index (χ1v) is 6.26. The molecule has 0 spiro atoms. The molecule has 2 aliphatic rings. The number of rotatable bonds is 1. The van der Waals surface area contributed by atoms with Crippen molar-refractivity contribution in [3.05, 3.63) is 65.8 Å².